The molecule has 0 amide bonds. The molecule has 21 heavy (non-hydrogen) atoms. The van der Waals surface area contributed by atoms with E-state index < -0.39 is 5.54 Å². The van der Waals surface area contributed by atoms with E-state index in [4.69, 9.17) is 9.47 Å². The van der Waals surface area contributed by atoms with Crippen LogP contribution in [0.4, 0.5) is 0 Å². The van der Waals surface area contributed by atoms with E-state index in [0.717, 1.165) is 12.8 Å². The summed E-state index contributed by atoms with van der Waals surface area (Å²) < 4.78 is 10.5. The van der Waals surface area contributed by atoms with E-state index in [9.17, 15) is 4.79 Å². The smallest absolute Gasteiger partial charge is 0.328 e. The molecule has 0 aromatic heterocycles. The fourth-order valence-electron chi connectivity index (χ4n) is 2.32. The monoisotopic (exact) mass is 293 g/mol. The lowest BCUT2D eigenvalue weighted by molar-refractivity contribution is -0.151. The van der Waals surface area contributed by atoms with Crippen molar-refractivity contribution in [1.29, 1.82) is 0 Å². The van der Waals surface area contributed by atoms with Crippen LogP contribution >= 0.6 is 0 Å². The summed E-state index contributed by atoms with van der Waals surface area (Å²) in [6, 6.07) is 10.5. The molecule has 118 valence electrons. The number of rotatable bonds is 9. The van der Waals surface area contributed by atoms with Crippen molar-refractivity contribution >= 4 is 5.97 Å². The third-order valence-electron chi connectivity index (χ3n) is 3.23. The largest absolute Gasteiger partial charge is 0.468 e. The molecule has 0 aliphatic rings. The van der Waals surface area contributed by atoms with Gasteiger partial charge in [0, 0.05) is 12.6 Å². The summed E-state index contributed by atoms with van der Waals surface area (Å²) in [6.45, 7) is 6.75. The third-order valence-corrected chi connectivity index (χ3v) is 3.23. The van der Waals surface area contributed by atoms with Crippen molar-refractivity contribution in [2.24, 2.45) is 0 Å². The van der Waals surface area contributed by atoms with Gasteiger partial charge in [0.2, 0.25) is 0 Å². The number of nitrogens with one attached hydrogen (secondary N) is 1. The fraction of sp³-hybridized carbons (Fsp3) is 0.588. The molecule has 4 nitrogen and oxygen atoms in total. The molecule has 0 radical (unpaired) electrons. The van der Waals surface area contributed by atoms with Crippen LogP contribution in [0.2, 0.25) is 0 Å². The van der Waals surface area contributed by atoms with Gasteiger partial charge in [0.1, 0.15) is 5.54 Å². The molecule has 1 atom stereocenters. The second kappa shape index (κ2) is 8.80. The molecule has 0 spiro atoms. The van der Waals surface area contributed by atoms with Crippen molar-refractivity contribution in [3.05, 3.63) is 35.9 Å². The van der Waals surface area contributed by atoms with Crippen molar-refractivity contribution in [3.63, 3.8) is 0 Å². The molecular weight excluding hydrogens is 266 g/mol. The first kappa shape index (κ1) is 17.7. The fourth-order valence-corrected chi connectivity index (χ4v) is 2.32. The molecule has 0 saturated heterocycles. The van der Waals surface area contributed by atoms with Gasteiger partial charge in [-0.05, 0) is 39.2 Å². The van der Waals surface area contributed by atoms with Crippen molar-refractivity contribution in [1.82, 2.24) is 5.32 Å². The predicted octanol–water partition coefficient (Wildman–Crippen LogP) is 2.57. The third kappa shape index (κ3) is 6.27. The Balaban J connectivity index is 2.35. The normalized spacial score (nSPS) is 14.0. The van der Waals surface area contributed by atoms with Crippen molar-refractivity contribution in [2.75, 3.05) is 20.3 Å². The Bertz CT molecular complexity index is 419. The van der Waals surface area contributed by atoms with E-state index >= 15 is 0 Å². The molecular formula is C17H27NO3. The summed E-state index contributed by atoms with van der Waals surface area (Å²) in [5.41, 5.74) is 0.507. The Morgan fingerprint density at radius 3 is 2.52 bits per heavy atom. The Morgan fingerprint density at radius 1 is 1.29 bits per heavy atom. The molecule has 0 saturated carbocycles. The Hall–Kier alpha value is -1.39. The lowest BCUT2D eigenvalue weighted by atomic mass is 10.0. The highest BCUT2D eigenvalue weighted by Crippen LogP contribution is 2.10. The number of hydrogen-bond donors (Lipinski definition) is 1. The lowest BCUT2D eigenvalue weighted by Crippen LogP contribution is -2.56. The summed E-state index contributed by atoms with van der Waals surface area (Å²) >= 11 is 0. The molecule has 0 heterocycles. The van der Waals surface area contributed by atoms with E-state index in [-0.39, 0.29) is 12.0 Å². The van der Waals surface area contributed by atoms with Gasteiger partial charge < -0.3 is 9.47 Å². The van der Waals surface area contributed by atoms with Gasteiger partial charge >= 0.3 is 5.97 Å². The van der Waals surface area contributed by atoms with Gasteiger partial charge in [-0.15, -0.1) is 0 Å². The van der Waals surface area contributed by atoms with E-state index in [1.54, 1.807) is 0 Å². The van der Waals surface area contributed by atoms with Gasteiger partial charge in [-0.2, -0.15) is 0 Å². The Labute approximate surface area is 127 Å². The minimum atomic E-state index is -0.796. The number of aryl methyl sites for hydroxylation is 1. The molecule has 1 aromatic carbocycles. The van der Waals surface area contributed by atoms with Crippen LogP contribution in [-0.4, -0.2) is 37.9 Å². The number of methoxy groups -OCH3 is 1. The average molecular weight is 293 g/mol. The van der Waals surface area contributed by atoms with E-state index in [0.29, 0.717) is 13.2 Å². The molecule has 0 aliphatic carbocycles. The van der Waals surface area contributed by atoms with E-state index in [1.165, 1.54) is 12.7 Å². The molecule has 1 unspecified atom stereocenters. The Kier molecular flexibility index (Phi) is 7.40. The summed E-state index contributed by atoms with van der Waals surface area (Å²) in [4.78, 5) is 11.9. The van der Waals surface area contributed by atoms with Crippen LogP contribution in [0.1, 0.15) is 32.8 Å². The van der Waals surface area contributed by atoms with Crippen LogP contribution in [0.15, 0.2) is 30.3 Å². The molecule has 0 bridgehead atoms. The first-order valence-electron chi connectivity index (χ1n) is 7.46. The first-order valence-corrected chi connectivity index (χ1v) is 7.46. The van der Waals surface area contributed by atoms with Gasteiger partial charge in [0.25, 0.3) is 0 Å². The average Bonchev–Trinajstić information content (AvgIpc) is 2.46. The number of carbonyl (C=O) groups is 1. The van der Waals surface area contributed by atoms with Gasteiger partial charge in [0.05, 0.1) is 13.7 Å². The number of benzene rings is 1. The maximum absolute atomic E-state index is 11.9. The molecule has 0 aliphatic heterocycles. The maximum Gasteiger partial charge on any atom is 0.328 e. The molecule has 1 aromatic rings. The lowest BCUT2D eigenvalue weighted by Gasteiger charge is -2.29. The van der Waals surface area contributed by atoms with Gasteiger partial charge in [-0.25, -0.2) is 4.79 Å². The van der Waals surface area contributed by atoms with E-state index in [2.05, 4.69) is 17.4 Å². The predicted molar refractivity (Wildman–Crippen MR) is 84.3 cm³/mol. The highest BCUT2D eigenvalue weighted by atomic mass is 16.5. The zero-order valence-corrected chi connectivity index (χ0v) is 13.5. The molecule has 1 rings (SSSR count). The SMILES string of the molecule is COC(=O)C(C)(COCCCc1ccccc1)NC(C)C. The van der Waals surface area contributed by atoms with Crippen LogP contribution in [0.25, 0.3) is 0 Å². The summed E-state index contributed by atoms with van der Waals surface area (Å²) in [5, 5.41) is 3.22. The molecule has 4 heteroatoms. The van der Waals surface area contributed by atoms with Crippen molar-refractivity contribution in [3.8, 4) is 0 Å². The number of hydrogen-bond acceptors (Lipinski definition) is 4. The zero-order chi connectivity index (χ0) is 15.7. The zero-order valence-electron chi connectivity index (χ0n) is 13.5. The summed E-state index contributed by atoms with van der Waals surface area (Å²) in [5.74, 6) is -0.292. The number of carbonyl (C=O) groups excluding carboxylic acids is 1. The standard InChI is InChI=1S/C17H27NO3/c1-14(2)18-17(3,16(19)20-4)13-21-12-8-11-15-9-6-5-7-10-15/h5-7,9-10,14,18H,8,11-13H2,1-4H3. The highest BCUT2D eigenvalue weighted by Gasteiger charge is 2.35. The number of esters is 1. The van der Waals surface area contributed by atoms with Crippen molar-refractivity contribution < 1.29 is 14.3 Å². The van der Waals surface area contributed by atoms with Gasteiger partial charge in [-0.3, -0.25) is 5.32 Å². The van der Waals surface area contributed by atoms with Crippen LogP contribution in [0.3, 0.4) is 0 Å². The second-order valence-electron chi connectivity index (χ2n) is 5.76. The molecule has 1 N–H and O–H groups in total. The van der Waals surface area contributed by atoms with Gasteiger partial charge in [-0.1, -0.05) is 30.3 Å². The van der Waals surface area contributed by atoms with Gasteiger partial charge in [0.15, 0.2) is 0 Å². The second-order valence-corrected chi connectivity index (χ2v) is 5.76. The summed E-state index contributed by atoms with van der Waals surface area (Å²) in [7, 11) is 1.40. The topological polar surface area (TPSA) is 47.6 Å². The number of ether oxygens (including phenoxy) is 2. The van der Waals surface area contributed by atoms with Crippen LogP contribution in [0, 0.1) is 0 Å². The van der Waals surface area contributed by atoms with Crippen LogP contribution in [-0.2, 0) is 20.7 Å². The van der Waals surface area contributed by atoms with Crippen LogP contribution < -0.4 is 5.32 Å². The Morgan fingerprint density at radius 2 is 1.95 bits per heavy atom. The minimum Gasteiger partial charge on any atom is -0.468 e. The molecule has 0 fully saturated rings. The first-order chi connectivity index (χ1) is 9.98. The van der Waals surface area contributed by atoms with Crippen LogP contribution in [0.5, 0.6) is 0 Å². The minimum absolute atomic E-state index is 0.182. The summed E-state index contributed by atoms with van der Waals surface area (Å²) in [6.07, 6.45) is 1.91. The maximum atomic E-state index is 11.9. The highest BCUT2D eigenvalue weighted by molar-refractivity contribution is 5.80. The van der Waals surface area contributed by atoms with Crippen molar-refractivity contribution in [2.45, 2.75) is 45.2 Å². The quantitative estimate of drug-likeness (QED) is 0.561. The van der Waals surface area contributed by atoms with E-state index in [1.807, 2.05) is 39.0 Å².